The summed E-state index contributed by atoms with van der Waals surface area (Å²) < 4.78 is 0. The molecule has 42 heavy (non-hydrogen) atoms. The molecule has 0 fully saturated rings. The highest BCUT2D eigenvalue weighted by molar-refractivity contribution is 5.85. The summed E-state index contributed by atoms with van der Waals surface area (Å²) >= 11 is 0. The number of aldehydes is 1. The van der Waals surface area contributed by atoms with Crippen LogP contribution < -0.4 is 11.1 Å². The van der Waals surface area contributed by atoms with Crippen molar-refractivity contribution in [2.75, 3.05) is 11.1 Å². The Morgan fingerprint density at radius 3 is 1.79 bits per heavy atom. The van der Waals surface area contributed by atoms with E-state index in [0.717, 1.165) is 5.69 Å². The van der Waals surface area contributed by atoms with E-state index in [1.807, 2.05) is 6.07 Å². The van der Waals surface area contributed by atoms with Crippen molar-refractivity contribution in [1.29, 1.82) is 10.5 Å². The van der Waals surface area contributed by atoms with Crippen molar-refractivity contribution in [3.63, 3.8) is 0 Å². The monoisotopic (exact) mass is 590 g/mol. The molecular formula is C30H31ClN6O5. The number of nitrogens with two attached hydrogens (primary N) is 1. The maximum absolute atomic E-state index is 10.5. The zero-order chi connectivity index (χ0) is 30.4. The maximum atomic E-state index is 10.5. The van der Waals surface area contributed by atoms with Crippen LogP contribution in [0.4, 0.5) is 11.4 Å². The lowest BCUT2D eigenvalue weighted by Gasteiger charge is -2.13. The molecule has 218 valence electrons. The minimum absolute atomic E-state index is 0. The van der Waals surface area contributed by atoms with Crippen LogP contribution in [0.25, 0.3) is 0 Å². The Labute approximate surface area is 249 Å². The molecule has 0 spiro atoms. The Balaban J connectivity index is 0.000000342. The molecule has 0 aliphatic rings. The quantitative estimate of drug-likeness (QED) is 0.139. The summed E-state index contributed by atoms with van der Waals surface area (Å²) in [4.78, 5) is 18.3. The number of aromatic hydroxyl groups is 2. The van der Waals surface area contributed by atoms with E-state index in [0.29, 0.717) is 57.7 Å². The predicted octanol–water partition coefficient (Wildman–Crippen LogP) is 4.03. The number of aliphatic hydroxyl groups excluding tert-OH is 2. The first-order chi connectivity index (χ1) is 19.7. The van der Waals surface area contributed by atoms with Gasteiger partial charge in [-0.1, -0.05) is 0 Å². The molecule has 2 heterocycles. The van der Waals surface area contributed by atoms with Crippen molar-refractivity contribution >= 4 is 30.1 Å². The van der Waals surface area contributed by atoms with E-state index in [1.165, 1.54) is 6.20 Å². The van der Waals surface area contributed by atoms with Crippen molar-refractivity contribution in [2.24, 2.45) is 0 Å². The van der Waals surface area contributed by atoms with Crippen LogP contribution in [0, 0.1) is 36.5 Å². The van der Waals surface area contributed by atoms with Gasteiger partial charge in [-0.25, -0.2) is 0 Å². The number of rotatable bonds is 6. The summed E-state index contributed by atoms with van der Waals surface area (Å²) in [5, 5.41) is 57.6. The minimum atomic E-state index is -0.297. The predicted molar refractivity (Wildman–Crippen MR) is 160 cm³/mol. The van der Waals surface area contributed by atoms with Gasteiger partial charge >= 0.3 is 0 Å². The standard InChI is InChI=1S/C15H15N3O2.C8H9NO3.C7H6N2.ClH/c1-10-15(20)14(12(9-19)7-17-10)8-18-13-4-2-11(6-16)3-5-13;1-5-8(12)7(4-11)6(3-10)2-9-5;8-5-6-1-3-7(9)4-2-6;/h2-5,7,18-20H,8-9H2,1H3;2,4,10,12H,3H2,1H3;1-4H,9H2;1H. The molecule has 2 aromatic carbocycles. The molecule has 0 bridgehead atoms. The van der Waals surface area contributed by atoms with Gasteiger partial charge in [0.2, 0.25) is 0 Å². The molecule has 11 nitrogen and oxygen atoms in total. The summed E-state index contributed by atoms with van der Waals surface area (Å²) in [7, 11) is 0. The number of aromatic nitrogens is 2. The van der Waals surface area contributed by atoms with Crippen molar-refractivity contribution in [1.82, 2.24) is 9.97 Å². The molecule has 4 rings (SSSR count). The first-order valence-electron chi connectivity index (χ1n) is 12.2. The lowest BCUT2D eigenvalue weighted by atomic mass is 10.1. The van der Waals surface area contributed by atoms with E-state index in [4.69, 9.17) is 21.4 Å². The highest BCUT2D eigenvalue weighted by Gasteiger charge is 2.11. The fourth-order valence-corrected chi connectivity index (χ4v) is 3.34. The molecule has 0 radical (unpaired) electrons. The third kappa shape index (κ3) is 9.77. The molecule has 7 N–H and O–H groups in total. The Morgan fingerprint density at radius 2 is 1.31 bits per heavy atom. The summed E-state index contributed by atoms with van der Waals surface area (Å²) in [5.41, 5.74) is 10.7. The largest absolute Gasteiger partial charge is 0.506 e. The van der Waals surface area contributed by atoms with Crippen LogP contribution in [-0.2, 0) is 19.8 Å². The number of nitrogens with zero attached hydrogens (tertiary/aromatic N) is 4. The number of nitrogen functional groups attached to an aromatic ring is 1. The van der Waals surface area contributed by atoms with E-state index in [2.05, 4.69) is 21.4 Å². The van der Waals surface area contributed by atoms with Crippen molar-refractivity contribution in [2.45, 2.75) is 33.6 Å². The molecular weight excluding hydrogens is 560 g/mol. The number of pyridine rings is 2. The van der Waals surface area contributed by atoms with Gasteiger partial charge in [0.25, 0.3) is 0 Å². The number of nitrogens with one attached hydrogen (secondary N) is 1. The number of anilines is 2. The number of aliphatic hydroxyl groups is 2. The van der Waals surface area contributed by atoms with Gasteiger partial charge in [-0.05, 0) is 62.4 Å². The Hall–Kier alpha value is -5.20. The van der Waals surface area contributed by atoms with Gasteiger partial charge < -0.3 is 31.5 Å². The molecule has 0 aliphatic heterocycles. The summed E-state index contributed by atoms with van der Waals surface area (Å²) in [6.45, 7) is 3.20. The topological polar surface area (TPSA) is 209 Å². The van der Waals surface area contributed by atoms with Crippen LogP contribution >= 0.6 is 12.4 Å². The number of halogens is 1. The van der Waals surface area contributed by atoms with Crippen molar-refractivity contribution in [3.8, 4) is 23.6 Å². The smallest absolute Gasteiger partial charge is 0.154 e. The van der Waals surface area contributed by atoms with Crippen LogP contribution in [0.3, 0.4) is 0 Å². The van der Waals surface area contributed by atoms with E-state index in [9.17, 15) is 20.1 Å². The first-order valence-corrected chi connectivity index (χ1v) is 12.2. The van der Waals surface area contributed by atoms with Gasteiger partial charge in [-0.3, -0.25) is 14.8 Å². The lowest BCUT2D eigenvalue weighted by Crippen LogP contribution is -2.05. The lowest BCUT2D eigenvalue weighted by molar-refractivity contribution is 0.111. The molecule has 0 saturated carbocycles. The van der Waals surface area contributed by atoms with Crippen molar-refractivity contribution in [3.05, 3.63) is 106 Å². The average Bonchev–Trinajstić information content (AvgIpc) is 3.00. The van der Waals surface area contributed by atoms with Crippen LogP contribution in [-0.4, -0.2) is 36.7 Å². The van der Waals surface area contributed by atoms with Gasteiger partial charge in [0.05, 0.1) is 53.4 Å². The van der Waals surface area contributed by atoms with E-state index in [1.54, 1.807) is 68.6 Å². The van der Waals surface area contributed by atoms with E-state index < -0.39 is 0 Å². The second-order valence-corrected chi connectivity index (χ2v) is 8.54. The Morgan fingerprint density at radius 1 is 0.833 bits per heavy atom. The maximum Gasteiger partial charge on any atom is 0.154 e. The molecule has 12 heteroatoms. The number of hydrogen-bond acceptors (Lipinski definition) is 11. The highest BCUT2D eigenvalue weighted by Crippen LogP contribution is 2.25. The number of nitriles is 2. The molecule has 0 unspecified atom stereocenters. The Kier molecular flexibility index (Phi) is 14.5. The molecule has 4 aromatic rings. The molecule has 0 amide bonds. The summed E-state index contributed by atoms with van der Waals surface area (Å²) in [6, 6.07) is 17.9. The van der Waals surface area contributed by atoms with Crippen molar-refractivity contribution < 1.29 is 25.2 Å². The molecule has 0 aliphatic carbocycles. The van der Waals surface area contributed by atoms with Crippen LogP contribution in [0.5, 0.6) is 11.5 Å². The molecule has 0 atom stereocenters. The average molecular weight is 591 g/mol. The third-order valence-electron chi connectivity index (χ3n) is 5.77. The number of aryl methyl sites for hydroxylation is 2. The van der Waals surface area contributed by atoms with Crippen LogP contribution in [0.1, 0.15) is 49.6 Å². The fraction of sp³-hybridized carbons (Fsp3) is 0.167. The number of carbonyl (C=O) groups excluding carboxylic acids is 1. The molecule has 0 saturated heterocycles. The second kappa shape index (κ2) is 17.5. The number of hydrogen-bond donors (Lipinski definition) is 6. The van der Waals surface area contributed by atoms with Crippen LogP contribution in [0.2, 0.25) is 0 Å². The van der Waals surface area contributed by atoms with Gasteiger partial charge in [0, 0.05) is 47.0 Å². The first kappa shape index (κ1) is 34.8. The minimum Gasteiger partial charge on any atom is -0.506 e. The number of carbonyl (C=O) groups is 1. The fourth-order valence-electron chi connectivity index (χ4n) is 3.34. The summed E-state index contributed by atoms with van der Waals surface area (Å²) in [6.07, 6.45) is 3.44. The van der Waals surface area contributed by atoms with E-state index >= 15 is 0 Å². The van der Waals surface area contributed by atoms with Gasteiger partial charge in [-0.15, -0.1) is 12.4 Å². The Bertz CT molecular complexity index is 1550. The summed E-state index contributed by atoms with van der Waals surface area (Å²) in [5.74, 6) is -0.0609. The third-order valence-corrected chi connectivity index (χ3v) is 5.77. The van der Waals surface area contributed by atoms with Gasteiger partial charge in [-0.2, -0.15) is 10.5 Å². The van der Waals surface area contributed by atoms with Crippen LogP contribution in [0.15, 0.2) is 60.9 Å². The normalized spacial score (nSPS) is 9.38. The zero-order valence-corrected chi connectivity index (χ0v) is 23.8. The number of benzene rings is 2. The van der Waals surface area contributed by atoms with Gasteiger partial charge in [0.1, 0.15) is 11.5 Å². The highest BCUT2D eigenvalue weighted by atomic mass is 35.5. The molecule has 2 aromatic heterocycles. The second-order valence-electron chi connectivity index (χ2n) is 8.54. The zero-order valence-electron chi connectivity index (χ0n) is 22.9. The SMILES string of the molecule is Cc1ncc(CO)c(C=O)c1O.Cc1ncc(CO)c(CNc2ccc(C#N)cc2)c1O.Cl.N#Cc1ccc(N)cc1. The van der Waals surface area contributed by atoms with Gasteiger partial charge in [0.15, 0.2) is 6.29 Å². The van der Waals surface area contributed by atoms with E-state index in [-0.39, 0.29) is 42.7 Å².